The first-order valence-corrected chi connectivity index (χ1v) is 19.1. The van der Waals surface area contributed by atoms with E-state index in [-0.39, 0.29) is 18.2 Å². The van der Waals surface area contributed by atoms with Gasteiger partial charge in [0.15, 0.2) is 5.78 Å². The van der Waals surface area contributed by atoms with E-state index in [9.17, 15) is 29.1 Å². The minimum Gasteiger partial charge on any atom is -0.457 e. The second kappa shape index (κ2) is 17.4. The Labute approximate surface area is 346 Å². The second-order valence-electron chi connectivity index (χ2n) is 14.2. The first-order chi connectivity index (χ1) is 28.9. The number of amides is 6. The predicted octanol–water partition coefficient (Wildman–Crippen LogP) is 8.20. The average Bonchev–Trinajstić information content (AvgIpc) is 3.52. The summed E-state index contributed by atoms with van der Waals surface area (Å²) in [6, 6.07) is 42.3. The minimum atomic E-state index is -0.637. The van der Waals surface area contributed by atoms with Crippen molar-refractivity contribution in [1.29, 1.82) is 0 Å². The molecule has 0 aromatic heterocycles. The molecule has 0 saturated heterocycles. The lowest BCUT2D eigenvalue weighted by molar-refractivity contribution is -0.146. The molecule has 0 spiro atoms. The highest BCUT2D eigenvalue weighted by molar-refractivity contribution is 6.11. The number of fused-ring (bicyclic) bond motifs is 6. The van der Waals surface area contributed by atoms with Gasteiger partial charge in [-0.1, -0.05) is 103 Å². The highest BCUT2D eigenvalue weighted by Gasteiger charge is 2.32. The van der Waals surface area contributed by atoms with Crippen molar-refractivity contribution in [3.05, 3.63) is 179 Å². The molecule has 13 heteroatoms. The number of hydrogen-bond donors (Lipinski definition) is 4. The van der Waals surface area contributed by atoms with Crippen LogP contribution in [-0.2, 0) is 28.8 Å². The van der Waals surface area contributed by atoms with Gasteiger partial charge in [0.2, 0.25) is 0 Å². The van der Waals surface area contributed by atoms with Gasteiger partial charge in [-0.3, -0.25) is 24.3 Å². The molecule has 3 aliphatic heterocycles. The number of carbonyl (C=O) groups is 5. The van der Waals surface area contributed by atoms with E-state index < -0.39 is 30.3 Å². The van der Waals surface area contributed by atoms with Crippen molar-refractivity contribution in [3.8, 4) is 0 Å². The van der Waals surface area contributed by atoms with Crippen LogP contribution in [0.3, 0.4) is 0 Å². The summed E-state index contributed by atoms with van der Waals surface area (Å²) in [4.78, 5) is 63.6. The number of nitrogens with two attached hydrogens (primary N) is 3. The monoisotopic (exact) mass is 802 g/mol. The van der Waals surface area contributed by atoms with Crippen LogP contribution in [0.5, 0.6) is 0 Å². The summed E-state index contributed by atoms with van der Waals surface area (Å²) >= 11 is 0. The molecule has 0 aliphatic carbocycles. The zero-order valence-corrected chi connectivity index (χ0v) is 32.6. The average molecular weight is 803 g/mol. The summed E-state index contributed by atoms with van der Waals surface area (Å²) in [5.41, 5.74) is 25.2. The number of aliphatic hydroxyl groups excluding tert-OH is 1. The summed E-state index contributed by atoms with van der Waals surface area (Å²) in [6.07, 6.45) is 0.158. The number of anilines is 6. The van der Waals surface area contributed by atoms with E-state index in [1.54, 1.807) is 42.5 Å². The molecular weight excluding hydrogens is 761 g/mol. The lowest BCUT2D eigenvalue weighted by Gasteiger charge is -2.23. The Hall–Kier alpha value is -7.77. The lowest BCUT2D eigenvalue weighted by atomic mass is 10.0. The molecule has 13 nitrogen and oxygen atoms in total. The smallest absolute Gasteiger partial charge is 0.323 e. The van der Waals surface area contributed by atoms with E-state index in [1.165, 1.54) is 21.6 Å². The standard InChI is InChI=1S/C17H16N2O3.C15H14N2O2.C15H12N2O2/c1-11(20)22-16-10-12-6-2-4-8-14(12)19(17(18)21)15-9-5-3-7-13(15)16;2*16-15(19)17-12-7-3-1-5-10(12)9-14(18)11-6-2-4-8-13(11)17/h2-9,16H,10H2,1H3,(H2,18,21);1-8,14,18H,9H2,(H2,16,19);1-8H,9H2,(H2,16,19)/t16-;14-;/m00./s1. The summed E-state index contributed by atoms with van der Waals surface area (Å²) < 4.78 is 5.46. The largest absolute Gasteiger partial charge is 0.457 e. The molecule has 0 fully saturated rings. The normalized spacial score (nSPS) is 15.7. The molecule has 0 bridgehead atoms. The fourth-order valence-corrected chi connectivity index (χ4v) is 7.83. The molecule has 0 saturated carbocycles. The minimum absolute atomic E-state index is 0.00759. The molecule has 6 amide bonds. The van der Waals surface area contributed by atoms with Crippen LogP contribution >= 0.6 is 0 Å². The van der Waals surface area contributed by atoms with E-state index >= 15 is 0 Å². The van der Waals surface area contributed by atoms with E-state index in [2.05, 4.69) is 0 Å². The third-order valence-corrected chi connectivity index (χ3v) is 10.3. The molecule has 6 aromatic carbocycles. The second-order valence-corrected chi connectivity index (χ2v) is 14.2. The number of Topliss-reactive ketones (excluding diaryl/α,β-unsaturated/α-hetero) is 1. The maximum atomic E-state index is 12.3. The summed E-state index contributed by atoms with van der Waals surface area (Å²) in [6.45, 7) is 1.38. The molecule has 0 radical (unpaired) electrons. The Morgan fingerprint density at radius 2 is 0.900 bits per heavy atom. The van der Waals surface area contributed by atoms with Crippen molar-refractivity contribution in [1.82, 2.24) is 0 Å². The number of aliphatic hydroxyl groups is 1. The van der Waals surface area contributed by atoms with Gasteiger partial charge in [-0.25, -0.2) is 14.4 Å². The fraction of sp³-hybridized carbons (Fsp3) is 0.128. The molecule has 3 heterocycles. The molecule has 3 aliphatic rings. The predicted molar refractivity (Wildman–Crippen MR) is 229 cm³/mol. The van der Waals surface area contributed by atoms with Gasteiger partial charge >= 0.3 is 24.1 Å². The molecule has 2 atom stereocenters. The fourth-order valence-electron chi connectivity index (χ4n) is 7.83. The van der Waals surface area contributed by atoms with Crippen LogP contribution in [0.4, 0.5) is 48.5 Å². The van der Waals surface area contributed by atoms with Crippen LogP contribution in [-0.4, -0.2) is 35.0 Å². The Balaban J connectivity index is 0.000000137. The molecule has 6 aromatic rings. The topological polar surface area (TPSA) is 203 Å². The number of ether oxygens (including phenoxy) is 1. The van der Waals surface area contributed by atoms with Crippen molar-refractivity contribution >= 4 is 64.0 Å². The number of carbonyl (C=O) groups excluding carboxylic acids is 5. The number of urea groups is 3. The number of esters is 1. The van der Waals surface area contributed by atoms with Crippen LogP contribution in [0.15, 0.2) is 146 Å². The molecule has 0 unspecified atom stereocenters. The highest BCUT2D eigenvalue weighted by Crippen LogP contribution is 2.42. The third-order valence-electron chi connectivity index (χ3n) is 10.3. The number of benzene rings is 6. The van der Waals surface area contributed by atoms with Gasteiger partial charge in [0.05, 0.1) is 40.2 Å². The Kier molecular flexibility index (Phi) is 11.7. The van der Waals surface area contributed by atoms with Gasteiger partial charge in [0.25, 0.3) is 0 Å². The van der Waals surface area contributed by atoms with Crippen LogP contribution in [0.2, 0.25) is 0 Å². The van der Waals surface area contributed by atoms with E-state index in [4.69, 9.17) is 21.9 Å². The highest BCUT2D eigenvalue weighted by atomic mass is 16.5. The van der Waals surface area contributed by atoms with Crippen molar-refractivity contribution in [2.75, 3.05) is 14.7 Å². The van der Waals surface area contributed by atoms with Crippen LogP contribution in [0.1, 0.15) is 57.3 Å². The number of ketones is 1. The maximum absolute atomic E-state index is 12.3. The lowest BCUT2D eigenvalue weighted by Crippen LogP contribution is -2.32. The van der Waals surface area contributed by atoms with Gasteiger partial charge in [-0.05, 0) is 59.2 Å². The van der Waals surface area contributed by atoms with Crippen LogP contribution in [0.25, 0.3) is 0 Å². The Morgan fingerprint density at radius 3 is 1.43 bits per heavy atom. The van der Waals surface area contributed by atoms with Crippen molar-refractivity contribution in [2.45, 2.75) is 38.4 Å². The molecule has 9 rings (SSSR count). The number of rotatable bonds is 1. The third kappa shape index (κ3) is 8.15. The molecule has 302 valence electrons. The first kappa shape index (κ1) is 40.4. The summed E-state index contributed by atoms with van der Waals surface area (Å²) in [7, 11) is 0. The van der Waals surface area contributed by atoms with Gasteiger partial charge in [-0.2, -0.15) is 0 Å². The SMILES string of the molecule is CC(=O)O[C@H]1Cc2ccccc2N(C(N)=O)c2ccccc21.NC(=O)N1c2ccccc2CC(=O)c2ccccc21.NC(=O)N1c2ccccc2C[C@H](O)c2ccccc21. The van der Waals surface area contributed by atoms with Crippen molar-refractivity contribution < 1.29 is 33.8 Å². The van der Waals surface area contributed by atoms with E-state index in [0.29, 0.717) is 41.2 Å². The van der Waals surface area contributed by atoms with Crippen LogP contribution in [0, 0.1) is 0 Å². The molecule has 7 N–H and O–H groups in total. The Morgan fingerprint density at radius 1 is 0.517 bits per heavy atom. The zero-order valence-electron chi connectivity index (χ0n) is 32.6. The number of primary amides is 3. The van der Waals surface area contributed by atoms with Crippen LogP contribution < -0.4 is 31.9 Å². The number of nitrogens with zero attached hydrogens (tertiary/aromatic N) is 3. The summed E-state index contributed by atoms with van der Waals surface area (Å²) in [5, 5.41) is 10.3. The summed E-state index contributed by atoms with van der Waals surface area (Å²) in [5.74, 6) is -0.364. The van der Waals surface area contributed by atoms with Gasteiger partial charge < -0.3 is 27.0 Å². The van der Waals surface area contributed by atoms with Gasteiger partial charge in [-0.15, -0.1) is 0 Å². The van der Waals surface area contributed by atoms with E-state index in [0.717, 1.165) is 39.2 Å². The van der Waals surface area contributed by atoms with Gasteiger partial charge in [0, 0.05) is 42.9 Å². The maximum Gasteiger partial charge on any atom is 0.323 e. The molecular formula is C47H42N6O7. The zero-order chi connectivity index (χ0) is 42.5. The van der Waals surface area contributed by atoms with E-state index in [1.807, 2.05) is 103 Å². The first-order valence-electron chi connectivity index (χ1n) is 19.1. The Bertz CT molecular complexity index is 2630. The number of para-hydroxylation sites is 6. The van der Waals surface area contributed by atoms with Gasteiger partial charge in [0.1, 0.15) is 6.10 Å². The van der Waals surface area contributed by atoms with Crippen molar-refractivity contribution in [3.63, 3.8) is 0 Å². The quantitative estimate of drug-likeness (QED) is 0.120. The molecule has 60 heavy (non-hydrogen) atoms. The number of hydrogen-bond acceptors (Lipinski definition) is 7. The van der Waals surface area contributed by atoms with Crippen molar-refractivity contribution in [2.24, 2.45) is 17.2 Å².